The van der Waals surface area contributed by atoms with E-state index in [1.807, 2.05) is 0 Å². The fourth-order valence-electron chi connectivity index (χ4n) is 0. The number of carboxylic acid groups (broad SMARTS) is 2. The maximum atomic E-state index is 8.89. The summed E-state index contributed by atoms with van der Waals surface area (Å²) in [5.74, 6) is -2.17. The van der Waals surface area contributed by atoms with Gasteiger partial charge in [-0.25, -0.2) is 0 Å². The summed E-state index contributed by atoms with van der Waals surface area (Å²) in [6.45, 7) is 13.4. The van der Waals surface area contributed by atoms with Gasteiger partial charge >= 0.3 is 23.9 Å². The molecule has 0 aromatic heterocycles. The van der Waals surface area contributed by atoms with Crippen molar-refractivity contribution in [2.24, 2.45) is 0 Å². The van der Waals surface area contributed by atoms with Crippen molar-refractivity contribution in [3.8, 4) is 0 Å². The van der Waals surface area contributed by atoms with Crippen molar-refractivity contribution < 1.29 is 19.8 Å². The smallest absolute Gasteiger partial charge is 0.550 e. The molecule has 0 bridgehead atoms. The maximum Gasteiger partial charge on any atom is 2.00 e. The van der Waals surface area contributed by atoms with Gasteiger partial charge in [0.05, 0.1) is 0 Å². The van der Waals surface area contributed by atoms with Crippen molar-refractivity contribution in [3.05, 3.63) is 13.8 Å². The Morgan fingerprint density at radius 3 is 0.941 bits per heavy atom. The predicted molar refractivity (Wildman–Crippen MR) is 67.6 cm³/mol. The van der Waals surface area contributed by atoms with Crippen molar-refractivity contribution in [2.75, 3.05) is 0 Å². The van der Waals surface area contributed by atoms with Crippen LogP contribution in [-0.4, -0.2) is 35.8 Å². The van der Waals surface area contributed by atoms with E-state index in [2.05, 4.69) is 27.7 Å². The molecule has 0 unspecified atom stereocenters. The molecule has 0 spiro atoms. The molecule has 0 N–H and O–H groups in total. The van der Waals surface area contributed by atoms with Gasteiger partial charge in [0.1, 0.15) is 0 Å². The van der Waals surface area contributed by atoms with E-state index in [1.165, 1.54) is 12.8 Å². The molecule has 0 aliphatic heterocycles. The quantitative estimate of drug-likeness (QED) is 0.674. The molecule has 0 fully saturated rings. The van der Waals surface area contributed by atoms with Gasteiger partial charge < -0.3 is 19.8 Å². The van der Waals surface area contributed by atoms with Gasteiger partial charge in [0, 0.05) is 11.9 Å². The van der Waals surface area contributed by atoms with Crippen LogP contribution >= 0.6 is 0 Å². The monoisotopic (exact) mass is 352 g/mol. The Hall–Kier alpha value is -0.261. The molecule has 4 nitrogen and oxygen atoms in total. The van der Waals surface area contributed by atoms with Crippen LogP contribution in [0.15, 0.2) is 0 Å². The molecule has 0 rings (SSSR count). The van der Waals surface area contributed by atoms with Crippen molar-refractivity contribution in [1.29, 1.82) is 0 Å². The number of aliphatic carboxylic acids is 2. The SMILES string of the molecule is CC(=O)[O-].CC(=O)[O-].[CH2]CCC.[CH2]CCC.[Sn+2]. The summed E-state index contributed by atoms with van der Waals surface area (Å²) < 4.78 is 0. The number of carbonyl (C=O) groups excluding carboxylic acids is 2. The Labute approximate surface area is 123 Å². The number of hydrogen-bond acceptors (Lipinski definition) is 4. The second kappa shape index (κ2) is 36.0. The second-order valence-electron chi connectivity index (χ2n) is 2.69. The second-order valence-corrected chi connectivity index (χ2v) is 2.69. The van der Waals surface area contributed by atoms with Crippen LogP contribution in [-0.2, 0) is 9.59 Å². The van der Waals surface area contributed by atoms with E-state index in [9.17, 15) is 0 Å². The number of carboxylic acids is 2. The zero-order valence-corrected chi connectivity index (χ0v) is 14.2. The Morgan fingerprint density at radius 1 is 0.882 bits per heavy atom. The molecular weight excluding hydrogens is 327 g/mol. The maximum absolute atomic E-state index is 8.89. The summed E-state index contributed by atoms with van der Waals surface area (Å²) in [5.41, 5.74) is 0. The largest absolute Gasteiger partial charge is 2.00 e. The number of rotatable bonds is 2. The van der Waals surface area contributed by atoms with Crippen LogP contribution in [0.4, 0.5) is 0 Å². The van der Waals surface area contributed by atoms with Gasteiger partial charge in [-0.15, -0.1) is 0 Å². The third-order valence-corrected chi connectivity index (χ3v) is 0.707. The summed E-state index contributed by atoms with van der Waals surface area (Å²) >= 11 is 0. The van der Waals surface area contributed by atoms with E-state index in [4.69, 9.17) is 19.8 Å². The standard InChI is InChI=1S/2C4H9.2C2H4O2.Sn/c2*1-3-4-2;2*1-2(3)4;/h2*1,3-4H2,2H3;2*1H3,(H,3,4);/q;;;;+2/p-2. The Morgan fingerprint density at radius 2 is 0.941 bits per heavy atom. The average molecular weight is 351 g/mol. The van der Waals surface area contributed by atoms with Crippen LogP contribution in [0.25, 0.3) is 0 Å². The third-order valence-electron chi connectivity index (χ3n) is 0.707. The van der Waals surface area contributed by atoms with Gasteiger partial charge in [0.2, 0.25) is 0 Å². The number of unbranched alkanes of at least 4 members (excludes halogenated alkanes) is 2. The van der Waals surface area contributed by atoms with Crippen LogP contribution in [0.1, 0.15) is 53.4 Å². The van der Waals surface area contributed by atoms with Crippen molar-refractivity contribution in [2.45, 2.75) is 53.4 Å². The van der Waals surface area contributed by atoms with Gasteiger partial charge in [-0.1, -0.05) is 53.4 Å². The first-order valence-corrected chi connectivity index (χ1v) is 5.23. The van der Waals surface area contributed by atoms with Gasteiger partial charge in [0.15, 0.2) is 0 Å². The van der Waals surface area contributed by atoms with E-state index in [-0.39, 0.29) is 23.9 Å². The first kappa shape index (κ1) is 30.1. The van der Waals surface area contributed by atoms with Crippen molar-refractivity contribution in [1.82, 2.24) is 0 Å². The third kappa shape index (κ3) is 983. The summed E-state index contributed by atoms with van der Waals surface area (Å²) in [7, 11) is 0. The predicted octanol–water partition coefficient (Wildman–Crippen LogP) is 0.373. The molecule has 0 aliphatic carbocycles. The topological polar surface area (TPSA) is 80.3 Å². The van der Waals surface area contributed by atoms with E-state index in [1.54, 1.807) is 0 Å². The fraction of sp³-hybridized carbons (Fsp3) is 0.667. The van der Waals surface area contributed by atoms with E-state index >= 15 is 0 Å². The van der Waals surface area contributed by atoms with E-state index < -0.39 is 11.9 Å². The number of hydrogen-bond donors (Lipinski definition) is 0. The van der Waals surface area contributed by atoms with Crippen molar-refractivity contribution in [3.63, 3.8) is 0 Å². The van der Waals surface area contributed by atoms with Gasteiger partial charge in [-0.05, 0) is 13.8 Å². The zero-order chi connectivity index (χ0) is 14.0. The molecule has 0 saturated heterocycles. The Kier molecular flexibility index (Phi) is 63.8. The minimum atomic E-state index is -1.08. The Balaban J connectivity index is -0.0000000369. The molecule has 0 aromatic rings. The van der Waals surface area contributed by atoms with Crippen LogP contribution in [0, 0.1) is 13.8 Å². The summed E-state index contributed by atoms with van der Waals surface area (Å²) in [5, 5.41) is 17.8. The summed E-state index contributed by atoms with van der Waals surface area (Å²) in [4.78, 5) is 17.8. The molecule has 4 radical (unpaired) electrons. The van der Waals surface area contributed by atoms with Crippen LogP contribution in [0.3, 0.4) is 0 Å². The van der Waals surface area contributed by atoms with Gasteiger partial charge in [-0.2, -0.15) is 0 Å². The molecule has 0 saturated carbocycles. The van der Waals surface area contributed by atoms with Gasteiger partial charge in [0.25, 0.3) is 0 Å². The molecular formula is C12H24O4Sn. The molecule has 0 aromatic carbocycles. The molecule has 0 atom stereocenters. The first-order valence-electron chi connectivity index (χ1n) is 5.23. The van der Waals surface area contributed by atoms with Gasteiger partial charge in [-0.3, -0.25) is 0 Å². The molecule has 0 amide bonds. The van der Waals surface area contributed by atoms with Crippen molar-refractivity contribution >= 4 is 35.8 Å². The van der Waals surface area contributed by atoms with E-state index in [0.717, 1.165) is 26.7 Å². The minimum absolute atomic E-state index is 0. The molecule has 100 valence electrons. The Bertz CT molecular complexity index is 110. The molecule has 17 heavy (non-hydrogen) atoms. The van der Waals surface area contributed by atoms with Crippen LogP contribution < -0.4 is 10.2 Å². The fourth-order valence-corrected chi connectivity index (χ4v) is 0. The zero-order valence-electron chi connectivity index (χ0n) is 11.4. The average Bonchev–Trinajstić information content (AvgIpc) is 2.16. The molecule has 0 heterocycles. The molecule has 5 heteroatoms. The summed E-state index contributed by atoms with van der Waals surface area (Å²) in [6.07, 6.45) is 4.56. The normalized spacial score (nSPS) is 6.47. The van der Waals surface area contributed by atoms with E-state index in [0.29, 0.717) is 0 Å². The summed E-state index contributed by atoms with van der Waals surface area (Å²) in [6, 6.07) is 0. The molecule has 0 aliphatic rings. The minimum Gasteiger partial charge on any atom is -0.550 e. The number of carbonyl (C=O) groups is 2. The van der Waals surface area contributed by atoms with Crippen LogP contribution in [0.5, 0.6) is 0 Å². The van der Waals surface area contributed by atoms with Crippen LogP contribution in [0.2, 0.25) is 0 Å². The first-order chi connectivity index (χ1) is 7.29.